The Labute approximate surface area is 124 Å². The van der Waals surface area contributed by atoms with Crippen molar-refractivity contribution in [2.24, 2.45) is 5.73 Å². The highest BCUT2D eigenvalue weighted by molar-refractivity contribution is 7.91. The number of nitrogens with one attached hydrogen (secondary N) is 1. The van der Waals surface area contributed by atoms with Gasteiger partial charge in [-0.05, 0) is 18.2 Å². The second-order valence-corrected chi connectivity index (χ2v) is 6.82. The summed E-state index contributed by atoms with van der Waals surface area (Å²) in [6, 6.07) is 2.82. The summed E-state index contributed by atoms with van der Waals surface area (Å²) in [7, 11) is -3.58. The molecule has 1 amide bonds. The normalized spacial score (nSPS) is 12.0. The number of carbonyl (C=O) groups is 1. The van der Waals surface area contributed by atoms with Gasteiger partial charge in [0.05, 0.1) is 5.56 Å². The molecule has 0 saturated heterocycles. The van der Waals surface area contributed by atoms with E-state index in [4.69, 9.17) is 5.73 Å². The lowest BCUT2D eigenvalue weighted by Crippen LogP contribution is -2.23. The maximum atomic E-state index is 12.9. The summed E-state index contributed by atoms with van der Waals surface area (Å²) in [4.78, 5) is 11.0. The van der Waals surface area contributed by atoms with Crippen molar-refractivity contribution in [2.45, 2.75) is 6.18 Å². The second-order valence-electron chi connectivity index (χ2n) is 4.24. The number of anilines is 1. The lowest BCUT2D eigenvalue weighted by molar-refractivity contribution is -0.137. The van der Waals surface area contributed by atoms with E-state index in [9.17, 15) is 26.4 Å². The van der Waals surface area contributed by atoms with Gasteiger partial charge in [0, 0.05) is 17.5 Å². The van der Waals surface area contributed by atoms with Gasteiger partial charge in [-0.2, -0.15) is 13.2 Å². The van der Waals surface area contributed by atoms with Gasteiger partial charge >= 0.3 is 6.18 Å². The van der Waals surface area contributed by atoms with Gasteiger partial charge in [0.15, 0.2) is 9.84 Å². The Morgan fingerprint density at radius 2 is 1.95 bits per heavy atom. The van der Waals surface area contributed by atoms with Crippen molar-refractivity contribution in [1.29, 1.82) is 0 Å². The number of amides is 1. The summed E-state index contributed by atoms with van der Waals surface area (Å²) in [5.74, 6) is -1.76. The monoisotopic (exact) mass is 340 g/mol. The molecule has 10 heteroatoms. The highest BCUT2D eigenvalue weighted by atomic mass is 32.2. The maximum absolute atomic E-state index is 12.9. The van der Waals surface area contributed by atoms with Crippen LogP contribution in [0, 0.1) is 0 Å². The Bertz CT molecular complexity index is 684. The highest BCUT2D eigenvalue weighted by Gasteiger charge is 2.34. The van der Waals surface area contributed by atoms with E-state index in [0.29, 0.717) is 6.07 Å². The largest absolute Gasteiger partial charge is 0.417 e. The molecule has 0 atom stereocenters. The standard InChI is InChI=1S/C11H11F3N2O3S2/c1-21(18,19)5-9(17)16-6-2-3-7(10(15)20)8(4-6)11(12,13)14/h2-4H,5H2,1H3,(H2,15,20)(H,16,17). The van der Waals surface area contributed by atoms with Crippen molar-refractivity contribution in [2.75, 3.05) is 17.3 Å². The zero-order chi connectivity index (χ0) is 16.4. The van der Waals surface area contributed by atoms with E-state index in [1.807, 2.05) is 0 Å². The molecule has 116 valence electrons. The molecule has 0 radical (unpaired) electrons. The molecule has 0 aromatic heterocycles. The van der Waals surface area contributed by atoms with E-state index in [2.05, 4.69) is 17.5 Å². The van der Waals surface area contributed by atoms with E-state index in [1.165, 1.54) is 0 Å². The van der Waals surface area contributed by atoms with Crippen LogP contribution in [0.15, 0.2) is 18.2 Å². The lowest BCUT2D eigenvalue weighted by atomic mass is 10.1. The van der Waals surface area contributed by atoms with Crippen LogP contribution in [0.4, 0.5) is 18.9 Å². The molecule has 0 fully saturated rings. The van der Waals surface area contributed by atoms with Crippen LogP contribution in [-0.2, 0) is 20.8 Å². The number of halogens is 3. The van der Waals surface area contributed by atoms with Gasteiger partial charge in [-0.15, -0.1) is 0 Å². The molecule has 3 N–H and O–H groups in total. The Morgan fingerprint density at radius 3 is 2.38 bits per heavy atom. The van der Waals surface area contributed by atoms with Gasteiger partial charge in [-0.1, -0.05) is 12.2 Å². The lowest BCUT2D eigenvalue weighted by Gasteiger charge is -2.14. The van der Waals surface area contributed by atoms with Crippen LogP contribution in [-0.4, -0.2) is 31.3 Å². The van der Waals surface area contributed by atoms with Gasteiger partial charge < -0.3 is 11.1 Å². The summed E-state index contributed by atoms with van der Waals surface area (Å²) in [6.45, 7) is 0. The fourth-order valence-electron chi connectivity index (χ4n) is 1.51. The molecule has 5 nitrogen and oxygen atoms in total. The molecule has 1 aromatic rings. The first kappa shape index (κ1) is 17.4. The molecule has 0 saturated carbocycles. The van der Waals surface area contributed by atoms with E-state index in [-0.39, 0.29) is 11.3 Å². The highest BCUT2D eigenvalue weighted by Crippen LogP contribution is 2.33. The zero-order valence-corrected chi connectivity index (χ0v) is 12.3. The molecule has 0 spiro atoms. The third-order valence-electron chi connectivity index (χ3n) is 2.27. The molecule has 0 aliphatic carbocycles. The topological polar surface area (TPSA) is 89.3 Å². The first-order chi connectivity index (χ1) is 9.40. The average molecular weight is 340 g/mol. The minimum atomic E-state index is -4.71. The molecular formula is C11H11F3N2O3S2. The molecular weight excluding hydrogens is 329 g/mol. The second kappa shape index (κ2) is 5.98. The minimum absolute atomic E-state index is 0.198. The fraction of sp³-hybridized carbons (Fsp3) is 0.273. The van der Waals surface area contributed by atoms with Gasteiger partial charge in [-0.3, -0.25) is 4.79 Å². The van der Waals surface area contributed by atoms with Crippen molar-refractivity contribution in [3.63, 3.8) is 0 Å². The van der Waals surface area contributed by atoms with Crippen LogP contribution in [0.25, 0.3) is 0 Å². The van der Waals surface area contributed by atoms with Crippen LogP contribution in [0.3, 0.4) is 0 Å². The quantitative estimate of drug-likeness (QED) is 0.807. The Kier molecular flexibility index (Phi) is 4.95. The van der Waals surface area contributed by atoms with Crippen molar-refractivity contribution in [3.05, 3.63) is 29.3 Å². The average Bonchev–Trinajstić information content (AvgIpc) is 2.24. The van der Waals surface area contributed by atoms with E-state index >= 15 is 0 Å². The van der Waals surface area contributed by atoms with Crippen molar-refractivity contribution in [3.8, 4) is 0 Å². The van der Waals surface area contributed by atoms with E-state index in [0.717, 1.165) is 18.4 Å². The number of rotatable bonds is 4. The zero-order valence-electron chi connectivity index (χ0n) is 10.7. The van der Waals surface area contributed by atoms with Gasteiger partial charge in [-0.25, -0.2) is 8.42 Å². The van der Waals surface area contributed by atoms with Gasteiger partial charge in [0.2, 0.25) is 5.91 Å². The summed E-state index contributed by atoms with van der Waals surface area (Å²) in [5, 5.41) is 2.07. The molecule has 21 heavy (non-hydrogen) atoms. The maximum Gasteiger partial charge on any atom is 0.417 e. The number of sulfone groups is 1. The predicted octanol–water partition coefficient (Wildman–Crippen LogP) is 1.32. The molecule has 0 bridgehead atoms. The van der Waals surface area contributed by atoms with Crippen LogP contribution in [0.1, 0.15) is 11.1 Å². The SMILES string of the molecule is CS(=O)(=O)CC(=O)Nc1ccc(C(N)=S)c(C(F)(F)F)c1. The number of hydrogen-bond acceptors (Lipinski definition) is 4. The summed E-state index contributed by atoms with van der Waals surface area (Å²) < 4.78 is 60.5. The Hall–Kier alpha value is -1.68. The Morgan fingerprint density at radius 1 is 1.38 bits per heavy atom. The first-order valence-corrected chi connectivity index (χ1v) is 7.85. The number of hydrogen-bond donors (Lipinski definition) is 2. The van der Waals surface area contributed by atoms with E-state index < -0.39 is 38.2 Å². The number of alkyl halides is 3. The third-order valence-corrected chi connectivity index (χ3v) is 3.27. The molecule has 1 rings (SSSR count). The number of thiocarbonyl (C=S) groups is 1. The van der Waals surface area contributed by atoms with Crippen molar-refractivity contribution in [1.82, 2.24) is 0 Å². The molecule has 0 unspecified atom stereocenters. The Balaban J connectivity index is 3.12. The predicted molar refractivity (Wildman–Crippen MR) is 75.7 cm³/mol. The fourth-order valence-corrected chi connectivity index (χ4v) is 2.23. The molecule has 1 aromatic carbocycles. The van der Waals surface area contributed by atoms with Gasteiger partial charge in [0.25, 0.3) is 0 Å². The van der Waals surface area contributed by atoms with Crippen LogP contribution < -0.4 is 11.1 Å². The molecule has 0 aliphatic heterocycles. The van der Waals surface area contributed by atoms with Crippen molar-refractivity contribution >= 4 is 38.6 Å². The van der Waals surface area contributed by atoms with Crippen LogP contribution in [0.5, 0.6) is 0 Å². The van der Waals surface area contributed by atoms with Crippen molar-refractivity contribution < 1.29 is 26.4 Å². The molecule has 0 heterocycles. The number of carbonyl (C=O) groups excluding carboxylic acids is 1. The summed E-state index contributed by atoms with van der Waals surface area (Å²) >= 11 is 4.53. The van der Waals surface area contributed by atoms with Gasteiger partial charge in [0.1, 0.15) is 10.7 Å². The van der Waals surface area contributed by atoms with E-state index in [1.54, 1.807) is 0 Å². The third kappa shape index (κ3) is 5.31. The first-order valence-electron chi connectivity index (χ1n) is 5.39. The molecule has 0 aliphatic rings. The van der Waals surface area contributed by atoms with Crippen LogP contribution in [0.2, 0.25) is 0 Å². The minimum Gasteiger partial charge on any atom is -0.389 e. The smallest absolute Gasteiger partial charge is 0.389 e. The van der Waals surface area contributed by atoms with Crippen LogP contribution >= 0.6 is 12.2 Å². The number of nitrogens with two attached hydrogens (primary N) is 1. The number of benzene rings is 1. The summed E-state index contributed by atoms with van der Waals surface area (Å²) in [6.07, 6.45) is -3.87. The summed E-state index contributed by atoms with van der Waals surface area (Å²) in [5.41, 5.74) is 3.53.